The number of nitrogens with one attached hydrogen (secondary N) is 1. The van der Waals surface area contributed by atoms with Crippen LogP contribution in [-0.2, 0) is 22.6 Å². The van der Waals surface area contributed by atoms with E-state index in [0.717, 1.165) is 12.0 Å². The first-order valence-electron chi connectivity index (χ1n) is 9.91. The summed E-state index contributed by atoms with van der Waals surface area (Å²) in [4.78, 5) is 27.4. The van der Waals surface area contributed by atoms with Crippen LogP contribution in [0.3, 0.4) is 0 Å². The Morgan fingerprint density at radius 1 is 1.00 bits per heavy atom. The predicted octanol–water partition coefficient (Wildman–Crippen LogP) is 4.09. The van der Waals surface area contributed by atoms with Gasteiger partial charge in [-0.1, -0.05) is 62.4 Å². The molecular weight excluding hydrogens is 355 g/mol. The molecule has 1 atom stereocenters. The SMILES string of the molecule is CCCNC(=O)C(Cc1ccccc1)N(Cc1ccccc1F)C(=O)CCC. The molecule has 0 aromatic heterocycles. The first-order valence-corrected chi connectivity index (χ1v) is 9.91. The van der Waals surface area contributed by atoms with Gasteiger partial charge in [0.05, 0.1) is 0 Å². The van der Waals surface area contributed by atoms with Gasteiger partial charge in [-0.2, -0.15) is 0 Å². The summed E-state index contributed by atoms with van der Waals surface area (Å²) >= 11 is 0. The fourth-order valence-electron chi connectivity index (χ4n) is 3.09. The summed E-state index contributed by atoms with van der Waals surface area (Å²) in [6.07, 6.45) is 2.18. The highest BCUT2D eigenvalue weighted by Crippen LogP contribution is 2.18. The molecule has 2 rings (SSSR count). The smallest absolute Gasteiger partial charge is 0.243 e. The molecular formula is C23H29FN2O2. The van der Waals surface area contributed by atoms with E-state index in [0.29, 0.717) is 31.4 Å². The van der Waals surface area contributed by atoms with Crippen LogP contribution in [0.15, 0.2) is 54.6 Å². The second kappa shape index (κ2) is 11.2. The normalized spacial score (nSPS) is 11.7. The zero-order chi connectivity index (χ0) is 20.4. The van der Waals surface area contributed by atoms with Crippen LogP contribution < -0.4 is 5.32 Å². The number of hydrogen-bond acceptors (Lipinski definition) is 2. The van der Waals surface area contributed by atoms with Crippen LogP contribution in [-0.4, -0.2) is 29.3 Å². The van der Waals surface area contributed by atoms with Gasteiger partial charge in [0.15, 0.2) is 0 Å². The number of hydrogen-bond donors (Lipinski definition) is 1. The molecule has 0 aliphatic carbocycles. The van der Waals surface area contributed by atoms with Crippen LogP contribution in [0.4, 0.5) is 4.39 Å². The van der Waals surface area contributed by atoms with Crippen molar-refractivity contribution < 1.29 is 14.0 Å². The molecule has 0 saturated heterocycles. The highest BCUT2D eigenvalue weighted by molar-refractivity contribution is 5.88. The lowest BCUT2D eigenvalue weighted by Gasteiger charge is -2.31. The minimum atomic E-state index is -0.687. The summed E-state index contributed by atoms with van der Waals surface area (Å²) in [6, 6.07) is 15.3. The standard InChI is InChI=1S/C23H29FN2O2/c1-3-10-22(27)26(17-19-13-8-9-14-20(19)24)21(23(28)25-15-4-2)16-18-11-6-5-7-12-18/h5-9,11-14,21H,3-4,10,15-17H2,1-2H3,(H,25,28). The molecule has 0 spiro atoms. The van der Waals surface area contributed by atoms with Crippen LogP contribution in [0.1, 0.15) is 44.2 Å². The van der Waals surface area contributed by atoms with Gasteiger partial charge in [0.2, 0.25) is 11.8 Å². The second-order valence-electron chi connectivity index (χ2n) is 6.86. The molecule has 0 fully saturated rings. The molecule has 4 nitrogen and oxygen atoms in total. The van der Waals surface area contributed by atoms with Gasteiger partial charge in [0.1, 0.15) is 11.9 Å². The van der Waals surface area contributed by atoms with Crippen molar-refractivity contribution in [3.63, 3.8) is 0 Å². The molecule has 0 heterocycles. The van der Waals surface area contributed by atoms with E-state index in [-0.39, 0.29) is 24.2 Å². The third-order valence-corrected chi connectivity index (χ3v) is 4.58. The molecule has 0 aliphatic heterocycles. The van der Waals surface area contributed by atoms with Crippen LogP contribution in [0, 0.1) is 5.82 Å². The number of carbonyl (C=O) groups excluding carboxylic acids is 2. The molecule has 150 valence electrons. The van der Waals surface area contributed by atoms with Gasteiger partial charge in [-0.05, 0) is 24.5 Å². The Kier molecular flexibility index (Phi) is 8.66. The van der Waals surface area contributed by atoms with E-state index < -0.39 is 6.04 Å². The molecule has 1 unspecified atom stereocenters. The summed E-state index contributed by atoms with van der Waals surface area (Å²) in [7, 11) is 0. The third kappa shape index (κ3) is 6.19. The lowest BCUT2D eigenvalue weighted by atomic mass is 10.0. The zero-order valence-electron chi connectivity index (χ0n) is 16.7. The lowest BCUT2D eigenvalue weighted by Crippen LogP contribution is -2.50. The van der Waals surface area contributed by atoms with E-state index in [2.05, 4.69) is 5.32 Å². The predicted molar refractivity (Wildman–Crippen MR) is 109 cm³/mol. The Balaban J connectivity index is 2.36. The summed E-state index contributed by atoms with van der Waals surface area (Å²) in [5.41, 5.74) is 1.37. The largest absolute Gasteiger partial charge is 0.354 e. The van der Waals surface area contributed by atoms with Crippen molar-refractivity contribution in [3.05, 3.63) is 71.5 Å². The van der Waals surface area contributed by atoms with E-state index >= 15 is 0 Å². The maximum Gasteiger partial charge on any atom is 0.243 e. The first-order chi connectivity index (χ1) is 13.6. The van der Waals surface area contributed by atoms with Gasteiger partial charge >= 0.3 is 0 Å². The number of nitrogens with zero attached hydrogens (tertiary/aromatic N) is 1. The molecule has 2 aromatic rings. The Morgan fingerprint density at radius 2 is 1.68 bits per heavy atom. The first kappa shape index (κ1) is 21.6. The zero-order valence-corrected chi connectivity index (χ0v) is 16.7. The summed E-state index contributed by atoms with van der Waals surface area (Å²) in [5.74, 6) is -0.714. The average molecular weight is 384 g/mol. The Labute approximate surface area is 166 Å². The quantitative estimate of drug-likeness (QED) is 0.671. The van der Waals surface area contributed by atoms with Crippen molar-refractivity contribution >= 4 is 11.8 Å². The van der Waals surface area contributed by atoms with Gasteiger partial charge in [-0.15, -0.1) is 0 Å². The minimum Gasteiger partial charge on any atom is -0.354 e. The van der Waals surface area contributed by atoms with Crippen molar-refractivity contribution in [2.24, 2.45) is 0 Å². The maximum absolute atomic E-state index is 14.3. The molecule has 2 aromatic carbocycles. The van der Waals surface area contributed by atoms with Crippen molar-refractivity contribution in [1.29, 1.82) is 0 Å². The maximum atomic E-state index is 14.3. The van der Waals surface area contributed by atoms with Gasteiger partial charge in [-0.3, -0.25) is 9.59 Å². The van der Waals surface area contributed by atoms with Crippen molar-refractivity contribution in [2.45, 2.75) is 52.1 Å². The molecule has 0 radical (unpaired) electrons. The second-order valence-corrected chi connectivity index (χ2v) is 6.86. The van der Waals surface area contributed by atoms with E-state index in [1.54, 1.807) is 18.2 Å². The monoisotopic (exact) mass is 384 g/mol. The topological polar surface area (TPSA) is 49.4 Å². The van der Waals surface area contributed by atoms with E-state index in [4.69, 9.17) is 0 Å². The summed E-state index contributed by atoms with van der Waals surface area (Å²) < 4.78 is 14.3. The van der Waals surface area contributed by atoms with Crippen molar-refractivity contribution in [3.8, 4) is 0 Å². The van der Waals surface area contributed by atoms with Gasteiger partial charge < -0.3 is 10.2 Å². The fraction of sp³-hybridized carbons (Fsp3) is 0.391. The molecule has 5 heteroatoms. The molecule has 0 saturated carbocycles. The van der Waals surface area contributed by atoms with Gasteiger partial charge in [-0.25, -0.2) is 4.39 Å². The number of benzene rings is 2. The number of rotatable bonds is 10. The highest BCUT2D eigenvalue weighted by Gasteiger charge is 2.30. The van der Waals surface area contributed by atoms with Crippen molar-refractivity contribution in [1.82, 2.24) is 10.2 Å². The average Bonchev–Trinajstić information content (AvgIpc) is 2.71. The molecule has 2 amide bonds. The highest BCUT2D eigenvalue weighted by atomic mass is 19.1. The number of carbonyl (C=O) groups is 2. The molecule has 0 aliphatic rings. The number of halogens is 1. The van der Waals surface area contributed by atoms with Gasteiger partial charge in [0.25, 0.3) is 0 Å². The van der Waals surface area contributed by atoms with Crippen LogP contribution in [0.25, 0.3) is 0 Å². The number of amides is 2. The Morgan fingerprint density at radius 3 is 2.32 bits per heavy atom. The third-order valence-electron chi connectivity index (χ3n) is 4.58. The molecule has 1 N–H and O–H groups in total. The molecule has 28 heavy (non-hydrogen) atoms. The fourth-order valence-corrected chi connectivity index (χ4v) is 3.09. The molecule has 0 bridgehead atoms. The van der Waals surface area contributed by atoms with E-state index in [1.165, 1.54) is 11.0 Å². The van der Waals surface area contributed by atoms with Crippen LogP contribution in [0.5, 0.6) is 0 Å². The summed E-state index contributed by atoms with van der Waals surface area (Å²) in [5, 5.41) is 2.90. The van der Waals surface area contributed by atoms with Crippen LogP contribution in [0.2, 0.25) is 0 Å². The van der Waals surface area contributed by atoms with E-state index in [1.807, 2.05) is 44.2 Å². The lowest BCUT2D eigenvalue weighted by molar-refractivity contribution is -0.141. The van der Waals surface area contributed by atoms with Gasteiger partial charge in [0, 0.05) is 31.5 Å². The Bertz CT molecular complexity index is 764. The van der Waals surface area contributed by atoms with E-state index in [9.17, 15) is 14.0 Å². The van der Waals surface area contributed by atoms with Crippen LogP contribution >= 0.6 is 0 Å². The summed E-state index contributed by atoms with van der Waals surface area (Å²) in [6.45, 7) is 4.51. The van der Waals surface area contributed by atoms with Crippen molar-refractivity contribution in [2.75, 3.05) is 6.54 Å². The minimum absolute atomic E-state index is 0.0720. The Hall–Kier alpha value is -2.69.